The van der Waals surface area contributed by atoms with Crippen molar-refractivity contribution in [2.24, 2.45) is 11.7 Å². The number of ether oxygens (including phenoxy) is 2. The summed E-state index contributed by atoms with van der Waals surface area (Å²) in [6, 6.07) is 7.42. The first-order valence-corrected chi connectivity index (χ1v) is 9.31. The molecule has 1 atom stereocenters. The fourth-order valence-electron chi connectivity index (χ4n) is 3.45. The van der Waals surface area contributed by atoms with Crippen LogP contribution >= 0.6 is 0 Å². The van der Waals surface area contributed by atoms with Gasteiger partial charge in [0, 0.05) is 36.0 Å². The van der Waals surface area contributed by atoms with E-state index in [0.29, 0.717) is 36.4 Å². The Morgan fingerprint density at radius 3 is 2.82 bits per heavy atom. The fourth-order valence-corrected chi connectivity index (χ4v) is 3.45. The van der Waals surface area contributed by atoms with E-state index in [1.807, 2.05) is 25.1 Å². The van der Waals surface area contributed by atoms with Gasteiger partial charge in [0.05, 0.1) is 0 Å². The molecule has 1 unspecified atom stereocenters. The van der Waals surface area contributed by atoms with Crippen LogP contribution in [0.3, 0.4) is 0 Å². The van der Waals surface area contributed by atoms with E-state index in [0.717, 1.165) is 28.0 Å². The van der Waals surface area contributed by atoms with Gasteiger partial charge in [-0.15, -0.1) is 0 Å². The van der Waals surface area contributed by atoms with Crippen LogP contribution in [0.15, 0.2) is 30.5 Å². The molecule has 1 aromatic heterocycles. The second kappa shape index (κ2) is 7.67. The number of hydrogen-bond acceptors (Lipinski definition) is 5. The molecule has 3 N–H and O–H groups in total. The van der Waals surface area contributed by atoms with Crippen molar-refractivity contribution >= 4 is 11.9 Å². The number of carboxylic acid groups (broad SMARTS) is 1. The molecule has 0 saturated carbocycles. The number of pyridine rings is 1. The Balaban J connectivity index is 1.83. The van der Waals surface area contributed by atoms with Crippen molar-refractivity contribution < 1.29 is 19.4 Å². The van der Waals surface area contributed by atoms with Crippen LogP contribution < -0.4 is 20.1 Å². The summed E-state index contributed by atoms with van der Waals surface area (Å²) >= 11 is 0. The monoisotopic (exact) mass is 385 g/mol. The Hall–Kier alpha value is -2.80. The van der Waals surface area contributed by atoms with Crippen molar-refractivity contribution in [2.75, 3.05) is 18.6 Å². The molecular weight excluding hydrogens is 358 g/mol. The zero-order valence-corrected chi connectivity index (χ0v) is 16.7. The van der Waals surface area contributed by atoms with Crippen LogP contribution in [-0.2, 0) is 6.61 Å². The third-order valence-corrected chi connectivity index (χ3v) is 4.67. The van der Waals surface area contributed by atoms with Crippen molar-refractivity contribution in [1.82, 2.24) is 4.98 Å². The van der Waals surface area contributed by atoms with E-state index < -0.39 is 11.6 Å². The predicted octanol–water partition coefficient (Wildman–Crippen LogP) is 3.90. The van der Waals surface area contributed by atoms with Gasteiger partial charge < -0.3 is 20.3 Å². The summed E-state index contributed by atoms with van der Waals surface area (Å²) in [6.45, 7) is 7.06. The van der Waals surface area contributed by atoms with Crippen LogP contribution in [0.25, 0.3) is 11.1 Å². The lowest BCUT2D eigenvalue weighted by Crippen LogP contribution is -2.43. The maximum atomic E-state index is 11.2. The van der Waals surface area contributed by atoms with Crippen LogP contribution in [0.4, 0.5) is 10.6 Å². The second-order valence-electron chi connectivity index (χ2n) is 8.03. The summed E-state index contributed by atoms with van der Waals surface area (Å²) in [7, 11) is 1.47. The molecule has 0 spiro atoms. The highest BCUT2D eigenvalue weighted by Gasteiger charge is 2.23. The molecule has 1 aliphatic heterocycles. The van der Waals surface area contributed by atoms with E-state index in [4.69, 9.17) is 15.2 Å². The first kappa shape index (κ1) is 19.9. The van der Waals surface area contributed by atoms with Gasteiger partial charge in [-0.3, -0.25) is 4.90 Å². The van der Waals surface area contributed by atoms with E-state index in [9.17, 15) is 9.90 Å². The van der Waals surface area contributed by atoms with Gasteiger partial charge in [-0.25, -0.2) is 9.78 Å². The van der Waals surface area contributed by atoms with Crippen LogP contribution in [-0.4, -0.2) is 35.4 Å². The summed E-state index contributed by atoms with van der Waals surface area (Å²) in [5.41, 5.74) is 8.62. The van der Waals surface area contributed by atoms with Gasteiger partial charge in [0.15, 0.2) is 0 Å². The maximum absolute atomic E-state index is 11.2. The number of rotatable bonds is 6. The van der Waals surface area contributed by atoms with Crippen LogP contribution in [0, 0.1) is 5.92 Å². The van der Waals surface area contributed by atoms with Crippen molar-refractivity contribution in [2.45, 2.75) is 39.3 Å². The summed E-state index contributed by atoms with van der Waals surface area (Å²) in [4.78, 5) is 16.5. The molecule has 28 heavy (non-hydrogen) atoms. The highest BCUT2D eigenvalue weighted by Crippen LogP contribution is 2.40. The van der Waals surface area contributed by atoms with Gasteiger partial charge in [0.25, 0.3) is 0 Å². The predicted molar refractivity (Wildman–Crippen MR) is 108 cm³/mol. The number of nitrogens with two attached hydrogens (primary N) is 1. The minimum atomic E-state index is -1.06. The van der Waals surface area contributed by atoms with Gasteiger partial charge in [0.2, 0.25) is 0 Å². The summed E-state index contributed by atoms with van der Waals surface area (Å²) < 4.78 is 11.8. The van der Waals surface area contributed by atoms with Crippen molar-refractivity contribution in [1.29, 1.82) is 0 Å². The Morgan fingerprint density at radius 2 is 2.14 bits per heavy atom. The van der Waals surface area contributed by atoms with Crippen molar-refractivity contribution in [3.8, 4) is 22.6 Å². The minimum absolute atomic E-state index is 0.368. The Morgan fingerprint density at radius 1 is 1.39 bits per heavy atom. The van der Waals surface area contributed by atoms with Gasteiger partial charge in [-0.2, -0.15) is 0 Å². The normalized spacial score (nSPS) is 14.5. The topological polar surface area (TPSA) is 97.9 Å². The van der Waals surface area contributed by atoms with E-state index in [2.05, 4.69) is 18.8 Å². The highest BCUT2D eigenvalue weighted by atomic mass is 16.5. The van der Waals surface area contributed by atoms with Crippen molar-refractivity contribution in [3.05, 3.63) is 36.0 Å². The number of anilines is 1. The highest BCUT2D eigenvalue weighted by molar-refractivity contribution is 5.86. The molecule has 0 fully saturated rings. The standard InChI is InChI=1S/C21H27N3O4/c1-13(2)9-21(3,22)12-28-15-5-6-16-17-8-19(24(4)20(25)26)23-10-14(17)11-27-18(16)7-15/h5-8,10,13H,9,11-12,22H2,1-4H3,(H,25,26). The lowest BCUT2D eigenvalue weighted by Gasteiger charge is -2.27. The summed E-state index contributed by atoms with van der Waals surface area (Å²) in [6.07, 6.45) is 1.47. The SMILES string of the molecule is CC(C)CC(C)(N)COc1ccc2c(c1)OCc1cnc(N(C)C(=O)O)cc1-2. The third kappa shape index (κ3) is 4.36. The Bertz CT molecular complexity index is 880. The van der Waals surface area contributed by atoms with Gasteiger partial charge in [-0.1, -0.05) is 13.8 Å². The molecule has 7 nitrogen and oxygen atoms in total. The van der Waals surface area contributed by atoms with E-state index >= 15 is 0 Å². The Kier molecular flexibility index (Phi) is 5.47. The molecule has 0 radical (unpaired) electrons. The quantitative estimate of drug-likeness (QED) is 0.783. The number of hydrogen-bond donors (Lipinski definition) is 2. The molecule has 1 aromatic carbocycles. The second-order valence-corrected chi connectivity index (χ2v) is 8.03. The molecule has 0 saturated heterocycles. The van der Waals surface area contributed by atoms with Gasteiger partial charge in [-0.05, 0) is 43.0 Å². The fraction of sp³-hybridized carbons (Fsp3) is 0.429. The van der Waals surface area contributed by atoms with E-state index in [-0.39, 0.29) is 0 Å². The lowest BCUT2D eigenvalue weighted by molar-refractivity contribution is 0.203. The summed E-state index contributed by atoms with van der Waals surface area (Å²) in [5.74, 6) is 2.25. The zero-order chi connectivity index (χ0) is 20.5. The number of carbonyl (C=O) groups is 1. The molecule has 150 valence electrons. The lowest BCUT2D eigenvalue weighted by atomic mass is 9.93. The van der Waals surface area contributed by atoms with E-state index in [1.54, 1.807) is 12.3 Å². The van der Waals surface area contributed by atoms with E-state index in [1.165, 1.54) is 7.05 Å². The van der Waals surface area contributed by atoms with Crippen molar-refractivity contribution in [3.63, 3.8) is 0 Å². The molecule has 2 heterocycles. The first-order valence-electron chi connectivity index (χ1n) is 9.31. The molecule has 2 aromatic rings. The zero-order valence-electron chi connectivity index (χ0n) is 16.7. The molecule has 0 aliphatic carbocycles. The largest absolute Gasteiger partial charge is 0.492 e. The summed E-state index contributed by atoms with van der Waals surface area (Å²) in [5, 5.41) is 9.18. The molecule has 0 bridgehead atoms. The van der Waals surface area contributed by atoms with Crippen LogP contribution in [0.1, 0.15) is 32.8 Å². The molecule has 7 heteroatoms. The number of nitrogens with zero attached hydrogens (tertiary/aromatic N) is 2. The van der Waals surface area contributed by atoms with Gasteiger partial charge >= 0.3 is 6.09 Å². The van der Waals surface area contributed by atoms with Gasteiger partial charge in [0.1, 0.15) is 30.5 Å². The smallest absolute Gasteiger partial charge is 0.412 e. The molecule has 1 amide bonds. The Labute approximate surface area is 165 Å². The molecule has 1 aliphatic rings. The first-order chi connectivity index (χ1) is 13.2. The van der Waals surface area contributed by atoms with Crippen LogP contribution in [0.2, 0.25) is 0 Å². The average molecular weight is 385 g/mol. The average Bonchev–Trinajstić information content (AvgIpc) is 2.64. The third-order valence-electron chi connectivity index (χ3n) is 4.67. The number of amides is 1. The van der Waals surface area contributed by atoms with Crippen LogP contribution in [0.5, 0.6) is 11.5 Å². The number of aromatic nitrogens is 1. The molecular formula is C21H27N3O4. The molecule has 3 rings (SSSR count). The minimum Gasteiger partial charge on any atom is -0.492 e. The number of fused-ring (bicyclic) bond motifs is 3. The maximum Gasteiger partial charge on any atom is 0.412 e. The number of benzene rings is 1.